The highest BCUT2D eigenvalue weighted by atomic mass is 16.5. The number of rotatable bonds is 8. The number of anilines is 1. The lowest BCUT2D eigenvalue weighted by Crippen LogP contribution is -2.25. The first-order chi connectivity index (χ1) is 9.81. The van der Waals surface area contributed by atoms with Crippen LogP contribution in [0.5, 0.6) is 12.0 Å². The minimum absolute atomic E-state index is 0.228. The van der Waals surface area contributed by atoms with E-state index in [4.69, 9.17) is 15.3 Å². The smallest absolute Gasteiger partial charge is 0.324 e. The van der Waals surface area contributed by atoms with Crippen LogP contribution in [0.2, 0.25) is 0 Å². The van der Waals surface area contributed by atoms with E-state index in [0.29, 0.717) is 13.2 Å². The SMILES string of the molecule is CCCOc1nc(NN)nc(OCCN2CCCC2)n1. The minimum atomic E-state index is 0.228. The standard InChI is InChI=1S/C12H22N6O2/c1-2-8-19-11-14-10(17-13)15-12(16-11)20-9-7-18-5-3-4-6-18/h2-9,13H2,1H3,(H,14,15,16,17). The molecule has 1 aromatic rings. The van der Waals surface area contributed by atoms with Crippen LogP contribution in [0.25, 0.3) is 0 Å². The van der Waals surface area contributed by atoms with E-state index >= 15 is 0 Å². The van der Waals surface area contributed by atoms with Gasteiger partial charge in [0.1, 0.15) is 6.61 Å². The number of aromatic nitrogens is 3. The summed E-state index contributed by atoms with van der Waals surface area (Å²) >= 11 is 0. The second-order valence-electron chi connectivity index (χ2n) is 4.61. The average molecular weight is 282 g/mol. The molecule has 0 spiro atoms. The van der Waals surface area contributed by atoms with Crippen molar-refractivity contribution in [2.24, 2.45) is 5.84 Å². The number of hydrazine groups is 1. The Kier molecular flexibility index (Phi) is 5.75. The van der Waals surface area contributed by atoms with E-state index in [9.17, 15) is 0 Å². The molecule has 1 aromatic heterocycles. The summed E-state index contributed by atoms with van der Waals surface area (Å²) in [7, 11) is 0. The summed E-state index contributed by atoms with van der Waals surface area (Å²) in [6.07, 6.45) is 3.41. The lowest BCUT2D eigenvalue weighted by Gasteiger charge is -2.14. The lowest BCUT2D eigenvalue weighted by atomic mass is 10.4. The second-order valence-corrected chi connectivity index (χ2v) is 4.61. The number of ether oxygens (including phenoxy) is 2. The van der Waals surface area contributed by atoms with Gasteiger partial charge in [-0.2, -0.15) is 9.97 Å². The van der Waals surface area contributed by atoms with Crippen molar-refractivity contribution < 1.29 is 9.47 Å². The van der Waals surface area contributed by atoms with E-state index in [1.165, 1.54) is 12.8 Å². The Balaban J connectivity index is 1.87. The Morgan fingerprint density at radius 2 is 1.75 bits per heavy atom. The van der Waals surface area contributed by atoms with E-state index in [2.05, 4.69) is 25.3 Å². The molecule has 1 aliphatic heterocycles. The Labute approximate surface area is 118 Å². The largest absolute Gasteiger partial charge is 0.463 e. The van der Waals surface area contributed by atoms with Crippen molar-refractivity contribution in [2.75, 3.05) is 38.3 Å². The predicted octanol–water partition coefficient (Wildman–Crippen LogP) is 0.421. The molecule has 0 saturated carbocycles. The van der Waals surface area contributed by atoms with Crippen molar-refractivity contribution in [1.29, 1.82) is 0 Å². The fourth-order valence-corrected chi connectivity index (χ4v) is 2.00. The first-order valence-electron chi connectivity index (χ1n) is 7.02. The molecular formula is C12H22N6O2. The van der Waals surface area contributed by atoms with Gasteiger partial charge in [-0.1, -0.05) is 6.92 Å². The van der Waals surface area contributed by atoms with Crippen LogP contribution in [0, 0.1) is 0 Å². The van der Waals surface area contributed by atoms with Crippen LogP contribution in [-0.2, 0) is 0 Å². The molecule has 0 radical (unpaired) electrons. The first-order valence-corrected chi connectivity index (χ1v) is 7.02. The maximum Gasteiger partial charge on any atom is 0.324 e. The van der Waals surface area contributed by atoms with E-state index in [1.807, 2.05) is 6.92 Å². The molecule has 2 heterocycles. The number of hydrogen-bond donors (Lipinski definition) is 2. The topological polar surface area (TPSA) is 98.4 Å². The van der Waals surface area contributed by atoms with Crippen molar-refractivity contribution in [3.8, 4) is 12.0 Å². The summed E-state index contributed by atoms with van der Waals surface area (Å²) in [5, 5.41) is 0. The summed E-state index contributed by atoms with van der Waals surface area (Å²) in [4.78, 5) is 14.5. The maximum atomic E-state index is 5.55. The van der Waals surface area contributed by atoms with E-state index < -0.39 is 0 Å². The predicted molar refractivity (Wildman–Crippen MR) is 74.6 cm³/mol. The number of likely N-dealkylation sites (tertiary alicyclic amines) is 1. The third-order valence-electron chi connectivity index (χ3n) is 3.00. The molecule has 0 aliphatic carbocycles. The molecule has 1 aliphatic rings. The van der Waals surface area contributed by atoms with E-state index in [0.717, 1.165) is 26.1 Å². The van der Waals surface area contributed by atoms with Crippen LogP contribution in [0.1, 0.15) is 26.2 Å². The number of nitrogen functional groups attached to an aromatic ring is 1. The Morgan fingerprint density at radius 3 is 2.35 bits per heavy atom. The molecule has 20 heavy (non-hydrogen) atoms. The van der Waals surface area contributed by atoms with Crippen LogP contribution in [0.3, 0.4) is 0 Å². The number of hydrogen-bond acceptors (Lipinski definition) is 8. The Bertz CT molecular complexity index is 411. The fraction of sp³-hybridized carbons (Fsp3) is 0.750. The summed E-state index contributed by atoms with van der Waals surface area (Å²) < 4.78 is 10.9. The van der Waals surface area contributed by atoms with Gasteiger partial charge in [0.25, 0.3) is 0 Å². The third-order valence-corrected chi connectivity index (χ3v) is 3.00. The molecule has 8 heteroatoms. The zero-order chi connectivity index (χ0) is 14.2. The highest BCUT2D eigenvalue weighted by Crippen LogP contribution is 2.13. The van der Waals surface area contributed by atoms with Gasteiger partial charge in [0.05, 0.1) is 6.61 Å². The number of nitrogens with two attached hydrogens (primary N) is 1. The van der Waals surface area contributed by atoms with Gasteiger partial charge < -0.3 is 9.47 Å². The van der Waals surface area contributed by atoms with Crippen molar-refractivity contribution >= 4 is 5.95 Å². The van der Waals surface area contributed by atoms with Gasteiger partial charge in [-0.05, 0) is 32.4 Å². The fourth-order valence-electron chi connectivity index (χ4n) is 2.00. The van der Waals surface area contributed by atoms with Gasteiger partial charge in [-0.25, -0.2) is 5.84 Å². The van der Waals surface area contributed by atoms with Crippen LogP contribution in [0.4, 0.5) is 5.95 Å². The number of nitrogens with one attached hydrogen (secondary N) is 1. The van der Waals surface area contributed by atoms with Crippen molar-refractivity contribution in [1.82, 2.24) is 19.9 Å². The summed E-state index contributed by atoms with van der Waals surface area (Å²) in [5.41, 5.74) is 2.38. The van der Waals surface area contributed by atoms with Crippen LogP contribution in [-0.4, -0.2) is 52.7 Å². The van der Waals surface area contributed by atoms with Crippen LogP contribution >= 0.6 is 0 Å². The van der Waals surface area contributed by atoms with Gasteiger partial charge in [0.2, 0.25) is 5.95 Å². The summed E-state index contributed by atoms with van der Waals surface area (Å²) in [6, 6.07) is 0.462. The third kappa shape index (κ3) is 4.46. The molecule has 112 valence electrons. The first kappa shape index (κ1) is 14.7. The van der Waals surface area contributed by atoms with Crippen LogP contribution < -0.4 is 20.7 Å². The zero-order valence-electron chi connectivity index (χ0n) is 11.8. The molecule has 3 N–H and O–H groups in total. The van der Waals surface area contributed by atoms with Gasteiger partial charge in [0.15, 0.2) is 0 Å². The summed E-state index contributed by atoms with van der Waals surface area (Å²) in [5.74, 6) is 5.56. The monoisotopic (exact) mass is 282 g/mol. The normalized spacial score (nSPS) is 15.3. The minimum Gasteiger partial charge on any atom is -0.463 e. The molecule has 0 atom stereocenters. The zero-order valence-corrected chi connectivity index (χ0v) is 11.8. The molecule has 1 saturated heterocycles. The molecule has 2 rings (SSSR count). The molecule has 0 bridgehead atoms. The second kappa shape index (κ2) is 7.81. The molecule has 8 nitrogen and oxygen atoms in total. The van der Waals surface area contributed by atoms with E-state index in [1.54, 1.807) is 0 Å². The van der Waals surface area contributed by atoms with Crippen molar-refractivity contribution in [3.63, 3.8) is 0 Å². The average Bonchev–Trinajstić information content (AvgIpc) is 2.98. The van der Waals surface area contributed by atoms with E-state index in [-0.39, 0.29) is 18.0 Å². The quantitative estimate of drug-likeness (QED) is 0.523. The molecule has 0 unspecified atom stereocenters. The summed E-state index contributed by atoms with van der Waals surface area (Å²) in [6.45, 7) is 6.25. The van der Waals surface area contributed by atoms with Gasteiger partial charge in [0, 0.05) is 6.54 Å². The highest BCUT2D eigenvalue weighted by molar-refractivity contribution is 5.25. The maximum absolute atomic E-state index is 5.55. The van der Waals surface area contributed by atoms with Gasteiger partial charge in [-0.15, -0.1) is 4.98 Å². The Morgan fingerprint density at radius 1 is 1.10 bits per heavy atom. The van der Waals surface area contributed by atoms with Crippen LogP contribution in [0.15, 0.2) is 0 Å². The van der Waals surface area contributed by atoms with Gasteiger partial charge >= 0.3 is 12.0 Å². The number of nitrogens with zero attached hydrogens (tertiary/aromatic N) is 4. The highest BCUT2D eigenvalue weighted by Gasteiger charge is 2.12. The lowest BCUT2D eigenvalue weighted by molar-refractivity contribution is 0.219. The van der Waals surface area contributed by atoms with Crippen molar-refractivity contribution in [3.05, 3.63) is 0 Å². The van der Waals surface area contributed by atoms with Crippen molar-refractivity contribution in [2.45, 2.75) is 26.2 Å². The molecule has 0 aromatic carbocycles. The van der Waals surface area contributed by atoms with Gasteiger partial charge in [-0.3, -0.25) is 10.3 Å². The Hall–Kier alpha value is -1.67. The molecule has 1 fully saturated rings. The molecular weight excluding hydrogens is 260 g/mol. The molecule has 0 amide bonds.